The number of nitrogens with two attached hydrogens (primary N) is 1. The van der Waals surface area contributed by atoms with E-state index < -0.39 is 0 Å². The number of nitrogens with zero attached hydrogens (tertiary/aromatic N) is 5. The number of benzene rings is 1. The molecule has 3 N–H and O–H groups in total. The van der Waals surface area contributed by atoms with Crippen LogP contribution in [0.15, 0.2) is 47.9 Å². The Balaban J connectivity index is 2.17. The van der Waals surface area contributed by atoms with Gasteiger partial charge in [-0.05, 0) is 12.1 Å². The topological polar surface area (TPSA) is 102 Å². The zero-order chi connectivity index (χ0) is 13.2. The summed E-state index contributed by atoms with van der Waals surface area (Å²) in [4.78, 5) is 8.36. The first-order chi connectivity index (χ1) is 9.29. The van der Waals surface area contributed by atoms with Gasteiger partial charge in [0.25, 0.3) is 5.95 Å². The summed E-state index contributed by atoms with van der Waals surface area (Å²) >= 11 is 0. The van der Waals surface area contributed by atoms with Crippen LogP contribution in [0.1, 0.15) is 5.69 Å². The summed E-state index contributed by atoms with van der Waals surface area (Å²) in [5.74, 6) is 0.297. The van der Waals surface area contributed by atoms with Gasteiger partial charge in [0.1, 0.15) is 5.69 Å². The van der Waals surface area contributed by atoms with Gasteiger partial charge in [0.05, 0.1) is 11.7 Å². The number of hydrogen-bond donors (Lipinski definition) is 2. The van der Waals surface area contributed by atoms with E-state index >= 15 is 0 Å². The molecule has 7 heteroatoms. The Kier molecular flexibility index (Phi) is 2.57. The van der Waals surface area contributed by atoms with E-state index in [1.165, 1.54) is 6.20 Å². The molecule has 0 atom stereocenters. The molecule has 3 rings (SSSR count). The molecule has 1 aromatic carbocycles. The quantitative estimate of drug-likeness (QED) is 0.306. The minimum absolute atomic E-state index is 0.0693. The van der Waals surface area contributed by atoms with Gasteiger partial charge in [0.2, 0.25) is 0 Å². The largest absolute Gasteiger partial charge is 0.409 e. The third-order valence-corrected chi connectivity index (χ3v) is 2.68. The van der Waals surface area contributed by atoms with E-state index in [0.29, 0.717) is 11.6 Å². The Morgan fingerprint density at radius 1 is 1.26 bits per heavy atom. The van der Waals surface area contributed by atoms with Crippen molar-refractivity contribution in [3.8, 4) is 5.95 Å². The predicted molar refractivity (Wildman–Crippen MR) is 69.2 cm³/mol. The second kappa shape index (κ2) is 4.37. The maximum atomic E-state index is 8.66. The number of amidine groups is 1. The summed E-state index contributed by atoms with van der Waals surface area (Å²) in [5, 5.41) is 16.8. The average molecular weight is 254 g/mol. The molecule has 0 amide bonds. The SMILES string of the molecule is N/C(=N/O)c1ccnc(-n2ncc3ccccc32)n1. The molecular formula is C12H10N6O. The first-order valence-electron chi connectivity index (χ1n) is 5.53. The van der Waals surface area contributed by atoms with Crippen molar-refractivity contribution in [1.29, 1.82) is 0 Å². The Morgan fingerprint density at radius 3 is 2.95 bits per heavy atom. The highest BCUT2D eigenvalue weighted by molar-refractivity contribution is 5.95. The van der Waals surface area contributed by atoms with E-state index in [1.807, 2.05) is 24.3 Å². The van der Waals surface area contributed by atoms with Gasteiger partial charge < -0.3 is 10.9 Å². The van der Waals surface area contributed by atoms with Gasteiger partial charge in [-0.2, -0.15) is 9.78 Å². The molecule has 0 aliphatic heterocycles. The van der Waals surface area contributed by atoms with E-state index in [2.05, 4.69) is 20.2 Å². The van der Waals surface area contributed by atoms with Crippen LogP contribution in [-0.2, 0) is 0 Å². The highest BCUT2D eigenvalue weighted by Crippen LogP contribution is 2.15. The molecule has 7 nitrogen and oxygen atoms in total. The molecule has 3 aromatic rings. The van der Waals surface area contributed by atoms with Crippen LogP contribution in [0.5, 0.6) is 0 Å². The minimum Gasteiger partial charge on any atom is -0.409 e. The van der Waals surface area contributed by atoms with Crippen molar-refractivity contribution < 1.29 is 5.21 Å². The van der Waals surface area contributed by atoms with E-state index in [0.717, 1.165) is 10.9 Å². The van der Waals surface area contributed by atoms with E-state index in [-0.39, 0.29) is 5.84 Å². The Bertz CT molecular complexity index is 764. The van der Waals surface area contributed by atoms with Crippen molar-refractivity contribution in [2.45, 2.75) is 0 Å². The molecule has 0 saturated carbocycles. The number of hydrogen-bond acceptors (Lipinski definition) is 5. The molecule has 0 bridgehead atoms. The average Bonchev–Trinajstić information content (AvgIpc) is 2.90. The van der Waals surface area contributed by atoms with Crippen LogP contribution in [0, 0.1) is 0 Å². The fraction of sp³-hybridized carbons (Fsp3) is 0. The van der Waals surface area contributed by atoms with Crippen LogP contribution >= 0.6 is 0 Å². The summed E-state index contributed by atoms with van der Waals surface area (Å²) in [5.41, 5.74) is 6.74. The smallest absolute Gasteiger partial charge is 0.251 e. The Hall–Kier alpha value is -2.96. The number of fused-ring (bicyclic) bond motifs is 1. The lowest BCUT2D eigenvalue weighted by molar-refractivity contribution is 0.318. The Labute approximate surface area is 108 Å². The molecular weight excluding hydrogens is 244 g/mol. The standard InChI is InChI=1S/C12H10N6O/c13-11(17-19)9-5-6-14-12(16-9)18-10-4-2-1-3-8(10)7-15-18/h1-7,19H,(H2,13,17). The number of aromatic nitrogens is 4. The molecule has 0 unspecified atom stereocenters. The number of oxime groups is 1. The van der Waals surface area contributed by atoms with Gasteiger partial charge in [0, 0.05) is 11.6 Å². The summed E-state index contributed by atoms with van der Waals surface area (Å²) in [6, 6.07) is 9.27. The van der Waals surface area contributed by atoms with Gasteiger partial charge in [0.15, 0.2) is 5.84 Å². The Morgan fingerprint density at radius 2 is 2.11 bits per heavy atom. The number of rotatable bonds is 2. The molecule has 0 spiro atoms. The normalized spacial score (nSPS) is 11.9. The third kappa shape index (κ3) is 1.86. The van der Waals surface area contributed by atoms with Crippen LogP contribution in [0.3, 0.4) is 0 Å². The van der Waals surface area contributed by atoms with Gasteiger partial charge in [-0.1, -0.05) is 23.4 Å². The van der Waals surface area contributed by atoms with Crippen LogP contribution in [0.2, 0.25) is 0 Å². The lowest BCUT2D eigenvalue weighted by atomic mass is 10.3. The molecule has 0 aliphatic rings. The molecule has 0 saturated heterocycles. The maximum absolute atomic E-state index is 8.66. The van der Waals surface area contributed by atoms with E-state index in [4.69, 9.17) is 10.9 Å². The lowest BCUT2D eigenvalue weighted by Crippen LogP contribution is -2.16. The maximum Gasteiger partial charge on any atom is 0.251 e. The van der Waals surface area contributed by atoms with E-state index in [9.17, 15) is 0 Å². The van der Waals surface area contributed by atoms with Crippen molar-refractivity contribution in [3.63, 3.8) is 0 Å². The van der Waals surface area contributed by atoms with Crippen molar-refractivity contribution in [2.75, 3.05) is 0 Å². The molecule has 94 valence electrons. The van der Waals surface area contributed by atoms with Crippen LogP contribution in [-0.4, -0.2) is 30.8 Å². The summed E-state index contributed by atoms with van der Waals surface area (Å²) in [7, 11) is 0. The first-order valence-corrected chi connectivity index (χ1v) is 5.53. The van der Waals surface area contributed by atoms with Crippen LogP contribution in [0.25, 0.3) is 16.9 Å². The zero-order valence-electron chi connectivity index (χ0n) is 9.80. The molecule has 19 heavy (non-hydrogen) atoms. The third-order valence-electron chi connectivity index (χ3n) is 2.68. The molecule has 0 aliphatic carbocycles. The highest BCUT2D eigenvalue weighted by atomic mass is 16.4. The molecule has 0 fully saturated rings. The zero-order valence-corrected chi connectivity index (χ0v) is 9.80. The van der Waals surface area contributed by atoms with Gasteiger partial charge >= 0.3 is 0 Å². The highest BCUT2D eigenvalue weighted by Gasteiger charge is 2.09. The van der Waals surface area contributed by atoms with Crippen molar-refractivity contribution >= 4 is 16.7 Å². The van der Waals surface area contributed by atoms with E-state index in [1.54, 1.807) is 16.9 Å². The fourth-order valence-electron chi connectivity index (χ4n) is 1.78. The van der Waals surface area contributed by atoms with Crippen molar-refractivity contribution in [2.24, 2.45) is 10.9 Å². The fourth-order valence-corrected chi connectivity index (χ4v) is 1.78. The second-order valence-corrected chi connectivity index (χ2v) is 3.84. The first kappa shape index (κ1) is 11.1. The molecule has 2 aromatic heterocycles. The molecule has 0 radical (unpaired) electrons. The monoisotopic (exact) mass is 254 g/mol. The summed E-state index contributed by atoms with van der Waals surface area (Å²) < 4.78 is 1.60. The van der Waals surface area contributed by atoms with Crippen LogP contribution < -0.4 is 5.73 Å². The number of para-hydroxylation sites is 1. The summed E-state index contributed by atoms with van der Waals surface area (Å²) in [6.07, 6.45) is 3.26. The van der Waals surface area contributed by atoms with Crippen molar-refractivity contribution in [1.82, 2.24) is 19.7 Å². The predicted octanol–water partition coefficient (Wildman–Crippen LogP) is 0.910. The van der Waals surface area contributed by atoms with Gasteiger partial charge in [-0.15, -0.1) is 0 Å². The van der Waals surface area contributed by atoms with Crippen LogP contribution in [0.4, 0.5) is 0 Å². The second-order valence-electron chi connectivity index (χ2n) is 3.84. The minimum atomic E-state index is -0.0693. The van der Waals surface area contributed by atoms with Crippen molar-refractivity contribution in [3.05, 3.63) is 48.4 Å². The summed E-state index contributed by atoms with van der Waals surface area (Å²) in [6.45, 7) is 0. The van der Waals surface area contributed by atoms with Gasteiger partial charge in [-0.25, -0.2) is 9.97 Å². The molecule has 2 heterocycles. The lowest BCUT2D eigenvalue weighted by Gasteiger charge is -2.03. The van der Waals surface area contributed by atoms with Gasteiger partial charge in [-0.3, -0.25) is 0 Å².